The second-order valence-electron chi connectivity index (χ2n) is 17.9. The van der Waals surface area contributed by atoms with Gasteiger partial charge in [-0.25, -0.2) is 0 Å². The first-order chi connectivity index (χ1) is 33.7. The molecule has 0 aliphatic carbocycles. The molecule has 6 fully saturated rings. The van der Waals surface area contributed by atoms with E-state index in [4.69, 9.17) is 52.1 Å². The van der Waals surface area contributed by atoms with E-state index in [0.29, 0.717) is 0 Å². The van der Waals surface area contributed by atoms with Crippen LogP contribution in [0.3, 0.4) is 0 Å². The summed E-state index contributed by atoms with van der Waals surface area (Å²) in [4.78, 5) is 12.6. The average molecular weight is 1040 g/mol. The fourth-order valence-electron chi connectivity index (χ4n) is 9.14. The van der Waals surface area contributed by atoms with Crippen molar-refractivity contribution in [2.45, 2.75) is 191 Å². The molecule has 0 saturated carbocycles. The molecule has 6 heterocycles. The van der Waals surface area contributed by atoms with Gasteiger partial charge in [0.15, 0.2) is 37.7 Å². The van der Waals surface area contributed by atoms with Crippen LogP contribution in [0, 0.1) is 0 Å². The molecule has 6 aliphatic heterocycles. The van der Waals surface area contributed by atoms with Gasteiger partial charge < -0.3 is 155 Å². The van der Waals surface area contributed by atoms with Crippen LogP contribution in [0.2, 0.25) is 0 Å². The Kier molecular flexibility index (Phi) is 20.9. The second-order valence-corrected chi connectivity index (χ2v) is 17.9. The van der Waals surface area contributed by atoms with Crippen molar-refractivity contribution in [3.05, 3.63) is 0 Å². The Morgan fingerprint density at radius 2 is 0.789 bits per heavy atom. The van der Waals surface area contributed by atoms with E-state index in [0.717, 1.165) is 6.92 Å². The standard InChI is InChI=1S/C39H68N2O30/c1-9(47)41-17-22(52)31(69-38-28(58)24(54)19(49)11(4-43)64-38)14(7-46)66-36(17)71-33-20(50)15(67-39(29(33)59)70-32-12(5-44)62-34(60)26(56)25(32)55)8-61-35-16(40-2)21(51)30(13(6-45)65-35)68-37-27(57)23(53)18(48)10(3-42)63-37/h10-40,42-46,48-60H,3-8H2,1-2H3,(H,41,47)/t10-,11-,12-,13-,14-,15-,16-,17-,18+,19+,20+,21-,22-,23+,24-,25-,26-,27-,28-,29-,30-,31-,32-,33+,34?,35-,36+,37+,38+,39+/m1/s1. The van der Waals surface area contributed by atoms with Crippen LogP contribution in [-0.2, 0) is 56.9 Å². The summed E-state index contributed by atoms with van der Waals surface area (Å²) in [6.45, 7) is -4.30. The summed E-state index contributed by atoms with van der Waals surface area (Å²) >= 11 is 0. The molecule has 1 unspecified atom stereocenters. The summed E-state index contributed by atoms with van der Waals surface area (Å²) in [5.74, 6) is -0.835. The zero-order valence-corrected chi connectivity index (χ0v) is 38.0. The number of hydrogen-bond donors (Lipinski definition) is 20. The Hall–Kier alpha value is -1.73. The van der Waals surface area contributed by atoms with E-state index in [1.807, 2.05) is 0 Å². The lowest BCUT2D eigenvalue weighted by atomic mass is 9.94. The van der Waals surface area contributed by atoms with Crippen LogP contribution < -0.4 is 10.6 Å². The molecule has 0 aromatic carbocycles. The molecule has 0 aromatic heterocycles. The minimum atomic E-state index is -2.21. The average Bonchev–Trinajstić information content (AvgIpc) is 3.35. The van der Waals surface area contributed by atoms with Gasteiger partial charge in [-0.15, -0.1) is 0 Å². The van der Waals surface area contributed by atoms with Crippen LogP contribution >= 0.6 is 0 Å². The molecule has 32 heteroatoms. The highest BCUT2D eigenvalue weighted by Gasteiger charge is 2.57. The van der Waals surface area contributed by atoms with Gasteiger partial charge in [0, 0.05) is 6.92 Å². The maximum Gasteiger partial charge on any atom is 0.217 e. The van der Waals surface area contributed by atoms with E-state index in [2.05, 4.69) is 10.6 Å². The van der Waals surface area contributed by atoms with Gasteiger partial charge in [0.1, 0.15) is 140 Å². The molecule has 414 valence electrons. The number of hydrogen-bond acceptors (Lipinski definition) is 31. The van der Waals surface area contributed by atoms with Gasteiger partial charge in [0.25, 0.3) is 0 Å². The predicted octanol–water partition coefficient (Wildman–Crippen LogP) is -13.7. The number of nitrogens with one attached hydrogen (secondary N) is 2. The molecule has 6 saturated heterocycles. The number of aliphatic hydroxyl groups is 18. The number of carbonyl (C=O) groups is 1. The zero-order valence-electron chi connectivity index (χ0n) is 38.0. The Labute approximate surface area is 402 Å². The Morgan fingerprint density at radius 1 is 0.394 bits per heavy atom. The van der Waals surface area contributed by atoms with Gasteiger partial charge in [-0.3, -0.25) is 4.79 Å². The van der Waals surface area contributed by atoms with E-state index in [1.54, 1.807) is 0 Å². The van der Waals surface area contributed by atoms with Crippen LogP contribution in [-0.4, -0.2) is 329 Å². The molecule has 0 aromatic rings. The summed E-state index contributed by atoms with van der Waals surface area (Å²) in [6.07, 6.45) is -51.2. The molecule has 6 rings (SSSR count). The van der Waals surface area contributed by atoms with E-state index in [9.17, 15) is 96.7 Å². The van der Waals surface area contributed by atoms with Gasteiger partial charge in [-0.1, -0.05) is 0 Å². The minimum absolute atomic E-state index is 0.808. The third kappa shape index (κ3) is 12.4. The summed E-state index contributed by atoms with van der Waals surface area (Å²) in [6, 6.07) is -3.07. The van der Waals surface area contributed by atoms with Crippen molar-refractivity contribution in [3.63, 3.8) is 0 Å². The largest absolute Gasteiger partial charge is 0.394 e. The maximum atomic E-state index is 12.6. The number of ether oxygens (including phenoxy) is 11. The van der Waals surface area contributed by atoms with Gasteiger partial charge in [-0.05, 0) is 7.05 Å². The van der Waals surface area contributed by atoms with Gasteiger partial charge in [0.05, 0.1) is 45.7 Å². The van der Waals surface area contributed by atoms with Crippen LogP contribution in [0.25, 0.3) is 0 Å². The Bertz CT molecular complexity index is 1650. The normalized spacial score (nSPS) is 50.9. The molecule has 0 radical (unpaired) electrons. The van der Waals surface area contributed by atoms with Crippen molar-refractivity contribution in [1.82, 2.24) is 10.6 Å². The van der Waals surface area contributed by atoms with E-state index in [1.165, 1.54) is 7.05 Å². The minimum Gasteiger partial charge on any atom is -0.394 e. The molecule has 0 bridgehead atoms. The van der Waals surface area contributed by atoms with Gasteiger partial charge >= 0.3 is 0 Å². The highest BCUT2D eigenvalue weighted by atomic mass is 16.8. The summed E-state index contributed by atoms with van der Waals surface area (Å²) in [7, 11) is 1.34. The third-order valence-electron chi connectivity index (χ3n) is 13.2. The van der Waals surface area contributed by atoms with Crippen molar-refractivity contribution in [2.24, 2.45) is 0 Å². The maximum absolute atomic E-state index is 12.6. The summed E-state index contributed by atoms with van der Waals surface area (Å²) in [5.41, 5.74) is 0. The number of carbonyl (C=O) groups excluding carboxylic acids is 1. The monoisotopic (exact) mass is 1040 g/mol. The highest BCUT2D eigenvalue weighted by molar-refractivity contribution is 5.73. The number of aliphatic hydroxyl groups excluding tert-OH is 18. The van der Waals surface area contributed by atoms with E-state index >= 15 is 0 Å². The summed E-state index contributed by atoms with van der Waals surface area (Å²) < 4.78 is 62.9. The first-order valence-electron chi connectivity index (χ1n) is 22.7. The number of rotatable bonds is 18. The lowest BCUT2D eigenvalue weighted by Crippen LogP contribution is -2.70. The van der Waals surface area contributed by atoms with Crippen LogP contribution in [0.15, 0.2) is 0 Å². The van der Waals surface area contributed by atoms with Crippen molar-refractivity contribution < 1.29 is 149 Å². The van der Waals surface area contributed by atoms with Crippen LogP contribution in [0.1, 0.15) is 6.92 Å². The predicted molar refractivity (Wildman–Crippen MR) is 218 cm³/mol. The van der Waals surface area contributed by atoms with Crippen molar-refractivity contribution >= 4 is 5.91 Å². The zero-order chi connectivity index (χ0) is 52.3. The molecule has 20 N–H and O–H groups in total. The summed E-state index contributed by atoms with van der Waals surface area (Å²) in [5, 5.41) is 196. The molecular weight excluding hydrogens is 976 g/mol. The Morgan fingerprint density at radius 3 is 1.25 bits per heavy atom. The smallest absolute Gasteiger partial charge is 0.217 e. The van der Waals surface area contributed by atoms with Crippen LogP contribution in [0.5, 0.6) is 0 Å². The lowest BCUT2D eigenvalue weighted by molar-refractivity contribution is -0.384. The molecule has 71 heavy (non-hydrogen) atoms. The molecule has 6 aliphatic rings. The van der Waals surface area contributed by atoms with Crippen LogP contribution in [0.4, 0.5) is 0 Å². The number of likely N-dealkylation sites (N-methyl/N-ethyl adjacent to an activating group) is 1. The Balaban J connectivity index is 1.25. The lowest BCUT2D eigenvalue weighted by Gasteiger charge is -2.50. The fraction of sp³-hybridized carbons (Fsp3) is 0.974. The quantitative estimate of drug-likeness (QED) is 0.0606. The van der Waals surface area contributed by atoms with Crippen molar-refractivity contribution in [2.75, 3.05) is 46.7 Å². The number of amides is 1. The highest BCUT2D eigenvalue weighted by Crippen LogP contribution is 2.36. The molecule has 1 amide bonds. The van der Waals surface area contributed by atoms with E-state index in [-0.39, 0.29) is 0 Å². The van der Waals surface area contributed by atoms with Gasteiger partial charge in [0.2, 0.25) is 5.91 Å². The molecule has 30 atom stereocenters. The van der Waals surface area contributed by atoms with E-state index < -0.39 is 230 Å². The van der Waals surface area contributed by atoms with Gasteiger partial charge in [-0.2, -0.15) is 0 Å². The molecular formula is C39H68N2O30. The SMILES string of the molecule is CN[C@H]1[C@H](OC[C@H]2O[C@@H](O[C@H]3[C@H](O)[C@@H](O)C(O)O[C@@H]3CO)[C@H](O)[C@@H](O[C@@H]3O[C@H](CO)[C@@H](O[C@@H]4O[C@H](CO)[C@H](O)[C@@H](O)[C@H]4O)[C@H](O)[C@H]3NC(C)=O)[C@H]2O)O[C@H](CO)[C@@H](O[C@@H]2O[C@H](CO)[C@H](O)[C@H](O)[C@H]2O)[C@@H]1O. The molecule has 0 spiro atoms. The first kappa shape index (κ1) is 58.5. The van der Waals surface area contributed by atoms with Crippen molar-refractivity contribution in [1.29, 1.82) is 0 Å². The van der Waals surface area contributed by atoms with Crippen molar-refractivity contribution in [3.8, 4) is 0 Å². The topological polar surface area (TPSA) is 507 Å². The third-order valence-corrected chi connectivity index (χ3v) is 13.2. The second kappa shape index (κ2) is 25.4. The molecule has 32 nitrogen and oxygen atoms in total. The fourth-order valence-corrected chi connectivity index (χ4v) is 9.14. The first-order valence-corrected chi connectivity index (χ1v) is 22.7.